The van der Waals surface area contributed by atoms with Gasteiger partial charge in [0.25, 0.3) is 0 Å². The summed E-state index contributed by atoms with van der Waals surface area (Å²) in [6, 6.07) is 16.5. The zero-order valence-corrected chi connectivity index (χ0v) is 17.0. The first kappa shape index (κ1) is 17.9. The van der Waals surface area contributed by atoms with Crippen LogP contribution in [0.2, 0.25) is 0 Å². The Morgan fingerprint density at radius 1 is 0.897 bits per heavy atom. The number of aromatic nitrogens is 4. The highest BCUT2D eigenvalue weighted by Gasteiger charge is 2.23. The van der Waals surface area contributed by atoms with E-state index in [9.17, 15) is 0 Å². The summed E-state index contributed by atoms with van der Waals surface area (Å²) < 4.78 is 4.16. The molecule has 1 saturated heterocycles. The van der Waals surface area contributed by atoms with Crippen LogP contribution in [-0.4, -0.2) is 50.2 Å². The van der Waals surface area contributed by atoms with E-state index in [2.05, 4.69) is 75.5 Å². The Balaban J connectivity index is 1.29. The fraction of sp³-hybridized carbons (Fsp3) is 0.304. The number of hydrogen-bond acceptors (Lipinski definition) is 4. The molecule has 6 heteroatoms. The van der Waals surface area contributed by atoms with Gasteiger partial charge in [-0.1, -0.05) is 24.3 Å². The molecule has 1 aliphatic rings. The molecule has 4 heterocycles. The first-order valence-electron chi connectivity index (χ1n) is 10.2. The van der Waals surface area contributed by atoms with Gasteiger partial charge in [0.1, 0.15) is 5.65 Å². The van der Waals surface area contributed by atoms with E-state index in [0.717, 1.165) is 55.4 Å². The number of imidazole rings is 1. The summed E-state index contributed by atoms with van der Waals surface area (Å²) in [5.74, 6) is 0. The fourth-order valence-electron chi connectivity index (χ4n) is 4.33. The molecular weight excluding hydrogens is 360 g/mol. The van der Waals surface area contributed by atoms with E-state index in [1.807, 2.05) is 18.2 Å². The van der Waals surface area contributed by atoms with Crippen LogP contribution in [0.1, 0.15) is 17.1 Å². The van der Waals surface area contributed by atoms with Crippen molar-refractivity contribution < 1.29 is 0 Å². The third-order valence-electron chi connectivity index (χ3n) is 5.74. The molecule has 1 fully saturated rings. The molecule has 0 atom stereocenters. The minimum atomic E-state index is 0.900. The van der Waals surface area contributed by atoms with E-state index in [1.54, 1.807) is 0 Å². The molecule has 0 amide bonds. The van der Waals surface area contributed by atoms with Crippen molar-refractivity contribution >= 4 is 11.3 Å². The Morgan fingerprint density at radius 3 is 2.41 bits per heavy atom. The molecule has 4 aromatic rings. The molecule has 0 bridgehead atoms. The minimum Gasteiger partial charge on any atom is -0.366 e. The standard InChI is InChI=1S/C23H26N6/c1-18-23(19(2)29(25-18)21-8-4-3-5-9-21)27-14-12-26(13-15-27)16-20-17-28-11-7-6-10-22(28)24-20/h3-11,17H,12-16H2,1-2H3. The number of rotatable bonds is 4. The maximum absolute atomic E-state index is 4.82. The quantitative estimate of drug-likeness (QED) is 0.539. The highest BCUT2D eigenvalue weighted by atomic mass is 15.3. The summed E-state index contributed by atoms with van der Waals surface area (Å²) >= 11 is 0. The van der Waals surface area contributed by atoms with Gasteiger partial charge in [-0.15, -0.1) is 0 Å². The summed E-state index contributed by atoms with van der Waals surface area (Å²) in [7, 11) is 0. The van der Waals surface area contributed by atoms with Crippen LogP contribution in [0.4, 0.5) is 5.69 Å². The monoisotopic (exact) mass is 386 g/mol. The molecule has 1 aromatic carbocycles. The molecule has 3 aromatic heterocycles. The van der Waals surface area contributed by atoms with Crippen LogP contribution in [0.3, 0.4) is 0 Å². The van der Waals surface area contributed by atoms with Crippen LogP contribution in [-0.2, 0) is 6.54 Å². The van der Waals surface area contributed by atoms with Crippen molar-refractivity contribution in [3.05, 3.63) is 78.0 Å². The van der Waals surface area contributed by atoms with Gasteiger partial charge >= 0.3 is 0 Å². The number of aryl methyl sites for hydroxylation is 1. The van der Waals surface area contributed by atoms with Crippen molar-refractivity contribution in [1.29, 1.82) is 0 Å². The van der Waals surface area contributed by atoms with Gasteiger partial charge in [0.2, 0.25) is 0 Å². The topological polar surface area (TPSA) is 41.6 Å². The Morgan fingerprint density at radius 2 is 1.66 bits per heavy atom. The first-order valence-corrected chi connectivity index (χ1v) is 10.2. The smallest absolute Gasteiger partial charge is 0.137 e. The molecule has 148 valence electrons. The summed E-state index contributed by atoms with van der Waals surface area (Å²) in [6.07, 6.45) is 4.19. The highest BCUT2D eigenvalue weighted by molar-refractivity contribution is 5.57. The van der Waals surface area contributed by atoms with Gasteiger partial charge in [-0.05, 0) is 38.1 Å². The van der Waals surface area contributed by atoms with Crippen LogP contribution in [0.15, 0.2) is 60.9 Å². The van der Waals surface area contributed by atoms with Crippen molar-refractivity contribution in [3.63, 3.8) is 0 Å². The number of piperazine rings is 1. The second kappa shape index (κ2) is 7.37. The van der Waals surface area contributed by atoms with Gasteiger partial charge in [0, 0.05) is 45.1 Å². The zero-order valence-electron chi connectivity index (χ0n) is 17.0. The van der Waals surface area contributed by atoms with E-state index >= 15 is 0 Å². The molecule has 5 rings (SSSR count). The molecular formula is C23H26N6. The van der Waals surface area contributed by atoms with Gasteiger partial charge in [0.15, 0.2) is 0 Å². The van der Waals surface area contributed by atoms with Gasteiger partial charge in [0.05, 0.1) is 28.5 Å². The Kier molecular flexibility index (Phi) is 4.56. The summed E-state index contributed by atoms with van der Waals surface area (Å²) in [5, 5.41) is 4.82. The lowest BCUT2D eigenvalue weighted by Gasteiger charge is -2.35. The molecule has 0 N–H and O–H groups in total. The van der Waals surface area contributed by atoms with Gasteiger partial charge in [-0.2, -0.15) is 5.10 Å². The van der Waals surface area contributed by atoms with Crippen LogP contribution in [0, 0.1) is 13.8 Å². The number of anilines is 1. The Hall–Kier alpha value is -3.12. The molecule has 1 aliphatic heterocycles. The molecule has 0 unspecified atom stereocenters. The average molecular weight is 387 g/mol. The summed E-state index contributed by atoms with van der Waals surface area (Å²) in [6.45, 7) is 9.27. The number of hydrogen-bond donors (Lipinski definition) is 0. The lowest BCUT2D eigenvalue weighted by atomic mass is 10.2. The zero-order chi connectivity index (χ0) is 19.8. The normalized spacial score (nSPS) is 15.3. The maximum Gasteiger partial charge on any atom is 0.137 e. The van der Waals surface area contributed by atoms with Crippen molar-refractivity contribution in [2.45, 2.75) is 20.4 Å². The Bertz CT molecular complexity index is 1090. The number of benzene rings is 1. The second-order valence-corrected chi connectivity index (χ2v) is 7.73. The second-order valence-electron chi connectivity index (χ2n) is 7.73. The van der Waals surface area contributed by atoms with E-state index in [1.165, 1.54) is 11.4 Å². The van der Waals surface area contributed by atoms with Gasteiger partial charge in [-0.25, -0.2) is 9.67 Å². The van der Waals surface area contributed by atoms with Crippen molar-refractivity contribution in [2.75, 3.05) is 31.1 Å². The third kappa shape index (κ3) is 3.40. The number of para-hydroxylation sites is 1. The molecule has 0 spiro atoms. The molecule has 0 radical (unpaired) electrons. The van der Waals surface area contributed by atoms with Crippen LogP contribution >= 0.6 is 0 Å². The largest absolute Gasteiger partial charge is 0.366 e. The number of nitrogens with zero attached hydrogens (tertiary/aromatic N) is 6. The molecule has 29 heavy (non-hydrogen) atoms. The SMILES string of the molecule is Cc1nn(-c2ccccc2)c(C)c1N1CCN(Cc2cn3ccccc3n2)CC1. The molecule has 6 nitrogen and oxygen atoms in total. The fourth-order valence-corrected chi connectivity index (χ4v) is 4.33. The van der Waals surface area contributed by atoms with Crippen molar-refractivity contribution in [1.82, 2.24) is 24.1 Å². The number of fused-ring (bicyclic) bond motifs is 1. The summed E-state index contributed by atoms with van der Waals surface area (Å²) in [4.78, 5) is 9.72. The maximum atomic E-state index is 4.82. The highest BCUT2D eigenvalue weighted by Crippen LogP contribution is 2.28. The van der Waals surface area contributed by atoms with Gasteiger partial charge in [-0.3, -0.25) is 4.90 Å². The van der Waals surface area contributed by atoms with E-state index in [0.29, 0.717) is 0 Å². The van der Waals surface area contributed by atoms with E-state index in [4.69, 9.17) is 10.1 Å². The minimum absolute atomic E-state index is 0.900. The van der Waals surface area contributed by atoms with Crippen molar-refractivity contribution in [3.8, 4) is 5.69 Å². The summed E-state index contributed by atoms with van der Waals surface area (Å²) in [5.41, 5.74) is 6.85. The van der Waals surface area contributed by atoms with Crippen LogP contribution < -0.4 is 4.90 Å². The van der Waals surface area contributed by atoms with E-state index < -0.39 is 0 Å². The predicted molar refractivity (Wildman–Crippen MR) is 116 cm³/mol. The predicted octanol–water partition coefficient (Wildman–Crippen LogP) is 3.46. The van der Waals surface area contributed by atoms with Crippen molar-refractivity contribution in [2.24, 2.45) is 0 Å². The van der Waals surface area contributed by atoms with Gasteiger partial charge < -0.3 is 9.30 Å². The van der Waals surface area contributed by atoms with Crippen LogP contribution in [0.25, 0.3) is 11.3 Å². The molecule has 0 aliphatic carbocycles. The average Bonchev–Trinajstić information content (AvgIpc) is 3.29. The first-order chi connectivity index (χ1) is 14.2. The van der Waals surface area contributed by atoms with Crippen LogP contribution in [0.5, 0.6) is 0 Å². The molecule has 0 saturated carbocycles. The third-order valence-corrected chi connectivity index (χ3v) is 5.74. The lowest BCUT2D eigenvalue weighted by Crippen LogP contribution is -2.46. The Labute approximate surface area is 171 Å². The number of pyridine rings is 1. The lowest BCUT2D eigenvalue weighted by molar-refractivity contribution is 0.247. The van der Waals surface area contributed by atoms with E-state index in [-0.39, 0.29) is 0 Å².